The molecule has 0 spiro atoms. The Hall–Kier alpha value is -1.63. The molecule has 1 saturated heterocycles. The van der Waals surface area contributed by atoms with E-state index in [1.807, 2.05) is 0 Å². The number of nitrogens with one attached hydrogen (secondary N) is 1. The first-order valence-corrected chi connectivity index (χ1v) is 7.01. The van der Waals surface area contributed by atoms with Crippen LogP contribution in [0.4, 0.5) is 0 Å². The molecule has 2 amide bonds. The Morgan fingerprint density at radius 1 is 1.38 bits per heavy atom. The van der Waals surface area contributed by atoms with E-state index in [9.17, 15) is 14.4 Å². The van der Waals surface area contributed by atoms with Crippen molar-refractivity contribution in [2.45, 2.75) is 45.7 Å². The van der Waals surface area contributed by atoms with Gasteiger partial charge in [0.2, 0.25) is 11.8 Å². The predicted molar refractivity (Wildman–Crippen MR) is 75.6 cm³/mol. The van der Waals surface area contributed by atoms with Crippen LogP contribution in [-0.4, -0.2) is 60.1 Å². The van der Waals surface area contributed by atoms with Gasteiger partial charge in [0.25, 0.3) is 0 Å². The van der Waals surface area contributed by atoms with E-state index in [1.165, 1.54) is 7.11 Å². The first-order chi connectivity index (χ1) is 9.68. The molecule has 1 aliphatic rings. The van der Waals surface area contributed by atoms with E-state index in [0.717, 1.165) is 6.42 Å². The minimum Gasteiger partial charge on any atom is -0.480 e. The number of aliphatic carboxylic acids is 1. The average Bonchev–Trinajstić information content (AvgIpc) is 2.84. The molecule has 2 atom stereocenters. The van der Waals surface area contributed by atoms with Crippen LogP contribution in [-0.2, 0) is 19.1 Å². The maximum absolute atomic E-state index is 12.3. The third kappa shape index (κ3) is 4.42. The van der Waals surface area contributed by atoms with Crippen molar-refractivity contribution >= 4 is 17.8 Å². The zero-order valence-electron chi connectivity index (χ0n) is 13.0. The molecule has 1 heterocycles. The number of hydrogen-bond acceptors (Lipinski definition) is 4. The molecule has 7 nitrogen and oxygen atoms in total. The van der Waals surface area contributed by atoms with Crippen molar-refractivity contribution in [1.82, 2.24) is 10.2 Å². The molecular weight excluding hydrogens is 276 g/mol. The lowest BCUT2D eigenvalue weighted by Gasteiger charge is -2.30. The Bertz CT molecular complexity index is 416. The van der Waals surface area contributed by atoms with Crippen molar-refractivity contribution in [3.8, 4) is 0 Å². The van der Waals surface area contributed by atoms with Gasteiger partial charge in [-0.2, -0.15) is 0 Å². The van der Waals surface area contributed by atoms with E-state index in [2.05, 4.69) is 5.32 Å². The Labute approximate surface area is 124 Å². The van der Waals surface area contributed by atoms with E-state index in [0.29, 0.717) is 13.0 Å². The Morgan fingerprint density at radius 3 is 2.48 bits per heavy atom. The molecule has 1 aliphatic heterocycles. The first-order valence-electron chi connectivity index (χ1n) is 7.01. The van der Waals surface area contributed by atoms with Crippen LogP contribution in [0.5, 0.6) is 0 Å². The van der Waals surface area contributed by atoms with Gasteiger partial charge >= 0.3 is 5.97 Å². The van der Waals surface area contributed by atoms with Crippen LogP contribution in [0.15, 0.2) is 0 Å². The topological polar surface area (TPSA) is 95.9 Å². The molecule has 0 aromatic rings. The average molecular weight is 300 g/mol. The molecule has 0 aromatic heterocycles. The molecule has 2 N–H and O–H groups in total. The first kappa shape index (κ1) is 17.4. The SMILES string of the molecule is COCC(NC(=O)C1CCCN1C(=O)C(C)(C)C)C(=O)O. The number of nitrogens with zero attached hydrogens (tertiary/aromatic N) is 1. The van der Waals surface area contributed by atoms with Gasteiger partial charge < -0.3 is 20.1 Å². The number of methoxy groups -OCH3 is 1. The van der Waals surface area contributed by atoms with Crippen LogP contribution in [0.3, 0.4) is 0 Å². The maximum atomic E-state index is 12.3. The van der Waals surface area contributed by atoms with Crippen LogP contribution in [0.25, 0.3) is 0 Å². The van der Waals surface area contributed by atoms with Crippen LogP contribution < -0.4 is 5.32 Å². The van der Waals surface area contributed by atoms with Gasteiger partial charge in [0.05, 0.1) is 6.61 Å². The van der Waals surface area contributed by atoms with Gasteiger partial charge in [0.15, 0.2) is 6.04 Å². The Morgan fingerprint density at radius 2 is 2.00 bits per heavy atom. The summed E-state index contributed by atoms with van der Waals surface area (Å²) in [5.41, 5.74) is -0.568. The predicted octanol–water partition coefficient (Wildman–Crippen LogP) is 0.239. The van der Waals surface area contributed by atoms with Crippen LogP contribution in [0, 0.1) is 5.41 Å². The summed E-state index contributed by atoms with van der Waals surface area (Å²) >= 11 is 0. The molecule has 0 radical (unpaired) electrons. The maximum Gasteiger partial charge on any atom is 0.328 e. The molecule has 21 heavy (non-hydrogen) atoms. The number of amides is 2. The number of carbonyl (C=O) groups is 3. The molecule has 0 bridgehead atoms. The molecular formula is C14H24N2O5. The number of likely N-dealkylation sites (tertiary alicyclic amines) is 1. The highest BCUT2D eigenvalue weighted by atomic mass is 16.5. The molecule has 0 aromatic carbocycles. The van der Waals surface area contributed by atoms with Gasteiger partial charge in [0.1, 0.15) is 6.04 Å². The van der Waals surface area contributed by atoms with Crippen molar-refractivity contribution in [2.24, 2.45) is 5.41 Å². The number of carbonyl (C=O) groups excluding carboxylic acids is 2. The molecule has 1 fully saturated rings. The second-order valence-corrected chi connectivity index (χ2v) is 6.26. The zero-order chi connectivity index (χ0) is 16.2. The van der Waals surface area contributed by atoms with Gasteiger partial charge in [-0.15, -0.1) is 0 Å². The summed E-state index contributed by atoms with van der Waals surface area (Å²) in [6.45, 7) is 5.81. The zero-order valence-corrected chi connectivity index (χ0v) is 13.0. The van der Waals surface area contributed by atoms with Crippen molar-refractivity contribution in [3.05, 3.63) is 0 Å². The van der Waals surface area contributed by atoms with Gasteiger partial charge in [-0.25, -0.2) is 4.79 Å². The van der Waals surface area contributed by atoms with Crippen LogP contribution >= 0.6 is 0 Å². The summed E-state index contributed by atoms with van der Waals surface area (Å²) in [4.78, 5) is 37.2. The van der Waals surface area contributed by atoms with Crippen molar-refractivity contribution in [3.63, 3.8) is 0 Å². The highest BCUT2D eigenvalue weighted by Gasteiger charge is 2.39. The fourth-order valence-corrected chi connectivity index (χ4v) is 2.32. The second kappa shape index (κ2) is 6.89. The monoisotopic (exact) mass is 300 g/mol. The number of carboxylic acids is 1. The summed E-state index contributed by atoms with van der Waals surface area (Å²) in [7, 11) is 1.37. The smallest absolute Gasteiger partial charge is 0.328 e. The molecule has 7 heteroatoms. The Balaban J connectivity index is 2.76. The normalized spacial score (nSPS) is 20.2. The summed E-state index contributed by atoms with van der Waals surface area (Å²) in [6.07, 6.45) is 1.29. The summed E-state index contributed by atoms with van der Waals surface area (Å²) < 4.78 is 4.78. The second-order valence-electron chi connectivity index (χ2n) is 6.26. The lowest BCUT2D eigenvalue weighted by atomic mass is 9.94. The third-order valence-corrected chi connectivity index (χ3v) is 3.41. The highest BCUT2D eigenvalue weighted by molar-refractivity contribution is 5.92. The lowest BCUT2D eigenvalue weighted by molar-refractivity contribution is -0.147. The molecule has 1 rings (SSSR count). The van der Waals surface area contributed by atoms with Gasteiger partial charge in [-0.3, -0.25) is 9.59 Å². The summed E-state index contributed by atoms with van der Waals surface area (Å²) in [6, 6.07) is -1.70. The fourth-order valence-electron chi connectivity index (χ4n) is 2.32. The van der Waals surface area contributed by atoms with E-state index in [4.69, 9.17) is 9.84 Å². The van der Waals surface area contributed by atoms with E-state index in [1.54, 1.807) is 25.7 Å². The number of rotatable bonds is 5. The lowest BCUT2D eigenvalue weighted by Crippen LogP contribution is -2.53. The summed E-state index contributed by atoms with van der Waals surface area (Å²) in [5, 5.41) is 11.5. The van der Waals surface area contributed by atoms with Crippen molar-refractivity contribution in [1.29, 1.82) is 0 Å². The standard InChI is InChI=1S/C14H24N2O5/c1-14(2,3)13(20)16-7-5-6-10(16)11(17)15-9(8-21-4)12(18)19/h9-10H,5-8H2,1-4H3,(H,15,17)(H,18,19). The Kier molecular flexibility index (Phi) is 5.71. The number of hydrogen-bond donors (Lipinski definition) is 2. The molecule has 0 saturated carbocycles. The van der Waals surface area contributed by atoms with Gasteiger partial charge in [0, 0.05) is 19.1 Å². The molecule has 2 unspecified atom stereocenters. The van der Waals surface area contributed by atoms with Gasteiger partial charge in [-0.1, -0.05) is 20.8 Å². The van der Waals surface area contributed by atoms with Crippen LogP contribution in [0.1, 0.15) is 33.6 Å². The van der Waals surface area contributed by atoms with Gasteiger partial charge in [-0.05, 0) is 12.8 Å². The van der Waals surface area contributed by atoms with Crippen LogP contribution in [0.2, 0.25) is 0 Å². The molecule has 120 valence electrons. The fraction of sp³-hybridized carbons (Fsp3) is 0.786. The third-order valence-electron chi connectivity index (χ3n) is 3.41. The minimum atomic E-state index is -1.16. The van der Waals surface area contributed by atoms with Crippen molar-refractivity contribution < 1.29 is 24.2 Å². The van der Waals surface area contributed by atoms with E-state index >= 15 is 0 Å². The number of ether oxygens (including phenoxy) is 1. The van der Waals surface area contributed by atoms with E-state index in [-0.39, 0.29) is 12.5 Å². The quantitative estimate of drug-likeness (QED) is 0.758. The number of carboxylic acid groups (broad SMARTS) is 1. The van der Waals surface area contributed by atoms with Crippen molar-refractivity contribution in [2.75, 3.05) is 20.3 Å². The highest BCUT2D eigenvalue weighted by Crippen LogP contribution is 2.25. The minimum absolute atomic E-state index is 0.0984. The largest absolute Gasteiger partial charge is 0.480 e. The summed E-state index contributed by atoms with van der Waals surface area (Å²) in [5.74, 6) is -1.69. The molecule has 0 aliphatic carbocycles. The van der Waals surface area contributed by atoms with E-state index < -0.39 is 29.4 Å².